The molecule has 5 nitrogen and oxygen atoms in total. The van der Waals surface area contributed by atoms with Gasteiger partial charge in [-0.25, -0.2) is 4.98 Å². The number of aromatic amines is 2. The van der Waals surface area contributed by atoms with Crippen molar-refractivity contribution in [3.05, 3.63) is 120 Å². The van der Waals surface area contributed by atoms with Gasteiger partial charge in [-0.3, -0.25) is 5.10 Å². The van der Waals surface area contributed by atoms with Crippen molar-refractivity contribution in [2.24, 2.45) is 5.92 Å². The van der Waals surface area contributed by atoms with Gasteiger partial charge in [-0.2, -0.15) is 5.10 Å². The van der Waals surface area contributed by atoms with Gasteiger partial charge in [0.15, 0.2) is 5.82 Å². The third-order valence-corrected chi connectivity index (χ3v) is 6.47. The quantitative estimate of drug-likeness (QED) is 0.253. The highest BCUT2D eigenvalue weighted by Crippen LogP contribution is 2.33. The largest absolute Gasteiger partial charge is 0.359 e. The van der Waals surface area contributed by atoms with Gasteiger partial charge in [-0.1, -0.05) is 76.1 Å². The van der Waals surface area contributed by atoms with Crippen molar-refractivity contribution >= 4 is 22.0 Å². The molecule has 1 aliphatic carbocycles. The highest BCUT2D eigenvalue weighted by molar-refractivity contribution is 5.95. The Morgan fingerprint density at radius 3 is 2.68 bits per heavy atom. The average molecular weight is 490 g/mol. The van der Waals surface area contributed by atoms with E-state index in [1.54, 1.807) is 6.08 Å². The molecule has 0 saturated heterocycles. The van der Waals surface area contributed by atoms with E-state index in [1.165, 1.54) is 0 Å². The van der Waals surface area contributed by atoms with E-state index in [-0.39, 0.29) is 0 Å². The molecule has 3 N–H and O–H groups in total. The van der Waals surface area contributed by atoms with E-state index in [4.69, 9.17) is 4.98 Å². The van der Waals surface area contributed by atoms with E-state index >= 15 is 0 Å². The first-order valence-corrected chi connectivity index (χ1v) is 12.6. The fourth-order valence-electron chi connectivity index (χ4n) is 4.27. The molecule has 0 aliphatic heterocycles. The van der Waals surface area contributed by atoms with Crippen molar-refractivity contribution in [2.45, 2.75) is 34.1 Å². The molecule has 2 heterocycles. The Morgan fingerprint density at radius 2 is 2.03 bits per heavy atom. The Morgan fingerprint density at radius 1 is 1.22 bits per heavy atom. The molecule has 0 amide bonds. The van der Waals surface area contributed by atoms with Gasteiger partial charge in [0.2, 0.25) is 0 Å². The number of fused-ring (bicyclic) bond motifs is 1. The highest BCUT2D eigenvalue weighted by Gasteiger charge is 2.19. The predicted molar refractivity (Wildman–Crippen MR) is 157 cm³/mol. The number of hydrogen-bond donors (Lipinski definition) is 3. The molecule has 188 valence electrons. The maximum atomic E-state index is 4.98. The minimum Gasteiger partial charge on any atom is -0.359 e. The lowest BCUT2D eigenvalue weighted by atomic mass is 10.0. The molecule has 37 heavy (non-hydrogen) atoms. The maximum absolute atomic E-state index is 4.98. The van der Waals surface area contributed by atoms with E-state index in [9.17, 15) is 0 Å². The molecule has 3 aromatic rings. The molecule has 0 radical (unpaired) electrons. The predicted octanol–water partition coefficient (Wildman–Crippen LogP) is 7.95. The van der Waals surface area contributed by atoms with E-state index in [0.717, 1.165) is 73.9 Å². The summed E-state index contributed by atoms with van der Waals surface area (Å²) >= 11 is 0. The van der Waals surface area contributed by atoms with Crippen LogP contribution in [0, 0.1) is 12.8 Å². The molecule has 4 rings (SSSR count). The van der Waals surface area contributed by atoms with Gasteiger partial charge in [0.1, 0.15) is 5.69 Å². The molecular formula is C32H35N5. The van der Waals surface area contributed by atoms with Crippen LogP contribution < -0.4 is 5.32 Å². The monoisotopic (exact) mass is 489 g/mol. The number of imidazole rings is 1. The number of rotatable bonds is 10. The second-order valence-corrected chi connectivity index (χ2v) is 9.36. The zero-order chi connectivity index (χ0) is 26.5. The van der Waals surface area contributed by atoms with E-state index in [2.05, 4.69) is 103 Å². The van der Waals surface area contributed by atoms with Crippen LogP contribution in [0.25, 0.3) is 33.6 Å². The van der Waals surface area contributed by atoms with Crippen LogP contribution in [-0.2, 0) is 0 Å². The zero-order valence-electron chi connectivity index (χ0n) is 22.2. The van der Waals surface area contributed by atoms with Gasteiger partial charge in [-0.15, -0.1) is 0 Å². The third-order valence-electron chi connectivity index (χ3n) is 6.47. The van der Waals surface area contributed by atoms with Gasteiger partial charge in [0.05, 0.1) is 11.2 Å². The first-order valence-electron chi connectivity index (χ1n) is 12.6. The second kappa shape index (κ2) is 11.1. The number of nitrogens with one attached hydrogen (secondary N) is 3. The van der Waals surface area contributed by atoms with Gasteiger partial charge >= 0.3 is 0 Å². The summed E-state index contributed by atoms with van der Waals surface area (Å²) in [5.74, 6) is 1.05. The second-order valence-electron chi connectivity index (χ2n) is 9.36. The van der Waals surface area contributed by atoms with Crippen LogP contribution in [0.4, 0.5) is 0 Å². The fourth-order valence-corrected chi connectivity index (χ4v) is 4.27. The number of hydrogen-bond acceptors (Lipinski definition) is 3. The minimum atomic E-state index is 0.326. The Balaban J connectivity index is 1.73. The normalized spacial score (nSPS) is 14.4. The van der Waals surface area contributed by atoms with Crippen molar-refractivity contribution < 1.29 is 0 Å². The van der Waals surface area contributed by atoms with Crippen molar-refractivity contribution in [3.8, 4) is 11.5 Å². The Hall–Kier alpha value is -4.38. The van der Waals surface area contributed by atoms with Crippen molar-refractivity contribution in [2.75, 3.05) is 0 Å². The third kappa shape index (κ3) is 5.41. The summed E-state index contributed by atoms with van der Waals surface area (Å²) in [6, 6.07) is 6.30. The summed E-state index contributed by atoms with van der Waals surface area (Å²) in [7, 11) is 0. The number of nitrogens with zero attached hydrogens (tertiary/aromatic N) is 2. The maximum Gasteiger partial charge on any atom is 0.159 e. The summed E-state index contributed by atoms with van der Waals surface area (Å²) in [5.41, 5.74) is 9.84. The minimum absolute atomic E-state index is 0.326. The van der Waals surface area contributed by atoms with Crippen molar-refractivity contribution in [1.82, 2.24) is 25.5 Å². The first-order chi connectivity index (χ1) is 17.9. The number of aryl methyl sites for hydroxylation is 1. The number of aromatic nitrogens is 4. The van der Waals surface area contributed by atoms with Crippen molar-refractivity contribution in [3.63, 3.8) is 0 Å². The van der Waals surface area contributed by atoms with Crippen LogP contribution in [0.15, 0.2) is 104 Å². The SMILES string of the molecule is C=C/C=C(/C1=CCC=C1)c1nc(-c2n[nH]c3ccc(C(/C=C(\C=C)NC(=C)C(C)C)=C/C)cc23)[nH]c1C. The Labute approximate surface area is 219 Å². The van der Waals surface area contributed by atoms with Crippen LogP contribution in [0.2, 0.25) is 0 Å². The standard InChI is InChI=1S/C32H35N5/c1-8-13-27(24-14-11-12-15-24)30-22(7)34-32(35-30)31-28-19-25(16-17-29(28)36-37-31)23(9-2)18-26(10-3)33-21(6)20(4)5/h8-11,13-20,33H,1,3,6,12H2,2,4-5,7H3,(H,34,35)(H,36,37)/b23-9+,26-18+,27-13-. The zero-order valence-corrected chi connectivity index (χ0v) is 22.2. The molecule has 0 atom stereocenters. The fraction of sp³-hybridized carbons (Fsp3) is 0.188. The van der Waals surface area contributed by atoms with Crippen LogP contribution >= 0.6 is 0 Å². The number of benzene rings is 1. The first kappa shape index (κ1) is 25.7. The number of allylic oxidation sites excluding steroid dienone is 12. The van der Waals surface area contributed by atoms with Crippen LogP contribution in [-0.4, -0.2) is 20.2 Å². The molecule has 5 heteroatoms. The lowest BCUT2D eigenvalue weighted by Crippen LogP contribution is -2.14. The smallest absolute Gasteiger partial charge is 0.159 e. The molecule has 1 aromatic carbocycles. The van der Waals surface area contributed by atoms with Gasteiger partial charge in [0.25, 0.3) is 0 Å². The summed E-state index contributed by atoms with van der Waals surface area (Å²) in [6.07, 6.45) is 17.2. The van der Waals surface area contributed by atoms with E-state index in [0.29, 0.717) is 5.92 Å². The molecular weight excluding hydrogens is 454 g/mol. The van der Waals surface area contributed by atoms with Crippen LogP contribution in [0.3, 0.4) is 0 Å². The molecule has 0 bridgehead atoms. The van der Waals surface area contributed by atoms with Gasteiger partial charge in [-0.05, 0) is 67.2 Å². The summed E-state index contributed by atoms with van der Waals surface area (Å²) in [6.45, 7) is 20.3. The van der Waals surface area contributed by atoms with Crippen LogP contribution in [0.1, 0.15) is 44.1 Å². The number of H-pyrrole nitrogens is 2. The highest BCUT2D eigenvalue weighted by atomic mass is 15.1. The summed E-state index contributed by atoms with van der Waals surface area (Å²) < 4.78 is 0. The van der Waals surface area contributed by atoms with Gasteiger partial charge in [0, 0.05) is 28.0 Å². The van der Waals surface area contributed by atoms with Crippen molar-refractivity contribution in [1.29, 1.82) is 0 Å². The molecule has 0 fully saturated rings. The average Bonchev–Trinajstić information content (AvgIpc) is 3.64. The lowest BCUT2D eigenvalue weighted by Gasteiger charge is -2.14. The van der Waals surface area contributed by atoms with E-state index < -0.39 is 0 Å². The van der Waals surface area contributed by atoms with Crippen LogP contribution in [0.5, 0.6) is 0 Å². The summed E-state index contributed by atoms with van der Waals surface area (Å²) in [5, 5.41) is 12.2. The molecule has 0 saturated carbocycles. The lowest BCUT2D eigenvalue weighted by molar-refractivity contribution is 0.710. The van der Waals surface area contributed by atoms with Gasteiger partial charge < -0.3 is 10.3 Å². The Kier molecular flexibility index (Phi) is 7.73. The Bertz CT molecular complexity index is 1510. The molecule has 1 aliphatic rings. The topological polar surface area (TPSA) is 69.4 Å². The van der Waals surface area contributed by atoms with E-state index in [1.807, 2.05) is 26.0 Å². The molecule has 2 aromatic heterocycles. The molecule has 0 unspecified atom stereocenters. The molecule has 0 spiro atoms. The summed E-state index contributed by atoms with van der Waals surface area (Å²) in [4.78, 5) is 8.44.